The van der Waals surface area contributed by atoms with Crippen LogP contribution in [0.4, 0.5) is 10.1 Å². The predicted molar refractivity (Wildman–Crippen MR) is 99.6 cm³/mol. The first-order chi connectivity index (χ1) is 12.5. The Morgan fingerprint density at radius 3 is 2.38 bits per heavy atom. The molecule has 0 aromatic heterocycles. The predicted octanol–water partition coefficient (Wildman–Crippen LogP) is 3.98. The first-order valence-corrected chi connectivity index (χ1v) is 8.52. The fraction of sp³-hybridized carbons (Fsp3) is 0.105. The number of imide groups is 1. The Labute approximate surface area is 154 Å². The lowest BCUT2D eigenvalue weighted by atomic mass is 10.2. The minimum atomic E-state index is -0.445. The number of rotatable bonds is 3. The van der Waals surface area contributed by atoms with Crippen molar-refractivity contribution in [3.63, 3.8) is 0 Å². The van der Waals surface area contributed by atoms with Crippen molar-refractivity contribution in [3.8, 4) is 5.75 Å². The number of benzene rings is 2. The number of aliphatic imine (C=N–C) groups is 1. The highest BCUT2D eigenvalue weighted by Crippen LogP contribution is 2.34. The molecule has 0 radical (unpaired) electrons. The first kappa shape index (κ1) is 17.9. The Hall–Kier alpha value is -2.93. The molecule has 1 aliphatic heterocycles. The van der Waals surface area contributed by atoms with Gasteiger partial charge in [-0.05, 0) is 59.8 Å². The van der Waals surface area contributed by atoms with E-state index in [1.54, 1.807) is 49.6 Å². The second kappa shape index (κ2) is 7.53. The fourth-order valence-electron chi connectivity index (χ4n) is 2.30. The molecule has 2 aromatic rings. The molecule has 1 heterocycles. The van der Waals surface area contributed by atoms with Crippen LogP contribution >= 0.6 is 11.8 Å². The topological polar surface area (TPSA) is 59.0 Å². The summed E-state index contributed by atoms with van der Waals surface area (Å²) in [5.74, 6) is -0.537. The van der Waals surface area contributed by atoms with Crippen molar-refractivity contribution in [2.45, 2.75) is 6.92 Å². The van der Waals surface area contributed by atoms with E-state index in [0.29, 0.717) is 21.9 Å². The number of hydrogen-bond donors (Lipinski definition) is 0. The van der Waals surface area contributed by atoms with Crippen molar-refractivity contribution in [1.82, 2.24) is 4.90 Å². The number of hydrogen-bond acceptors (Lipinski definition) is 5. The second-order valence-corrected chi connectivity index (χ2v) is 6.42. The van der Waals surface area contributed by atoms with Crippen LogP contribution in [0.15, 0.2) is 58.4 Å². The number of carbonyl (C=O) groups is 2. The lowest BCUT2D eigenvalue weighted by Gasteiger charge is -2.10. The van der Waals surface area contributed by atoms with E-state index >= 15 is 0 Å². The number of amides is 2. The molecule has 0 unspecified atom stereocenters. The molecule has 5 nitrogen and oxygen atoms in total. The van der Waals surface area contributed by atoms with E-state index in [0.717, 1.165) is 16.7 Å². The molecule has 0 N–H and O–H groups in total. The molecule has 0 bridgehead atoms. The van der Waals surface area contributed by atoms with Gasteiger partial charge in [0.1, 0.15) is 11.6 Å². The van der Waals surface area contributed by atoms with E-state index in [9.17, 15) is 14.0 Å². The lowest BCUT2D eigenvalue weighted by molar-refractivity contribution is -0.135. The van der Waals surface area contributed by atoms with E-state index in [1.165, 1.54) is 19.1 Å². The molecule has 3 rings (SSSR count). The molecule has 1 saturated heterocycles. The number of methoxy groups -OCH3 is 1. The quantitative estimate of drug-likeness (QED) is 0.767. The largest absolute Gasteiger partial charge is 0.497 e. The number of carbonyl (C=O) groups excluding carboxylic acids is 2. The summed E-state index contributed by atoms with van der Waals surface area (Å²) >= 11 is 1.10. The molecule has 1 aliphatic rings. The molecule has 2 aromatic carbocycles. The summed E-state index contributed by atoms with van der Waals surface area (Å²) in [5.41, 5.74) is 1.26. The Morgan fingerprint density at radius 2 is 1.81 bits per heavy atom. The number of halogens is 1. The molecule has 26 heavy (non-hydrogen) atoms. The van der Waals surface area contributed by atoms with Crippen molar-refractivity contribution in [2.75, 3.05) is 7.11 Å². The standard InChI is InChI=1S/C19H15FN2O3S/c1-12(23)22-18(24)17(11-13-3-5-14(20)6-4-13)26-19(22)21-15-7-9-16(25-2)10-8-15/h3-11H,1-2H3/b17-11-,21-19?. The zero-order chi connectivity index (χ0) is 18.7. The third-order valence-corrected chi connectivity index (χ3v) is 4.56. The van der Waals surface area contributed by atoms with Crippen LogP contribution in [0.2, 0.25) is 0 Å². The van der Waals surface area contributed by atoms with Gasteiger partial charge in [0.15, 0.2) is 5.17 Å². The zero-order valence-electron chi connectivity index (χ0n) is 14.1. The molecule has 1 fully saturated rings. The van der Waals surface area contributed by atoms with Crippen molar-refractivity contribution in [3.05, 3.63) is 64.8 Å². The third-order valence-electron chi connectivity index (χ3n) is 3.59. The Bertz CT molecular complexity index is 905. The van der Waals surface area contributed by atoms with Gasteiger partial charge < -0.3 is 4.74 Å². The number of nitrogens with zero attached hydrogens (tertiary/aromatic N) is 2. The summed E-state index contributed by atoms with van der Waals surface area (Å²) in [6.45, 7) is 1.31. The van der Waals surface area contributed by atoms with Crippen LogP contribution in [-0.2, 0) is 9.59 Å². The van der Waals surface area contributed by atoms with Crippen molar-refractivity contribution < 1.29 is 18.7 Å². The molecule has 132 valence electrons. The number of ether oxygens (including phenoxy) is 1. The van der Waals surface area contributed by atoms with Crippen LogP contribution < -0.4 is 4.74 Å². The van der Waals surface area contributed by atoms with Crippen molar-refractivity contribution in [1.29, 1.82) is 0 Å². The maximum Gasteiger partial charge on any atom is 0.273 e. The highest BCUT2D eigenvalue weighted by atomic mass is 32.2. The maximum absolute atomic E-state index is 13.0. The monoisotopic (exact) mass is 370 g/mol. The Morgan fingerprint density at radius 1 is 1.15 bits per heavy atom. The summed E-state index contributed by atoms with van der Waals surface area (Å²) in [6.07, 6.45) is 1.61. The highest BCUT2D eigenvalue weighted by Gasteiger charge is 2.36. The Balaban J connectivity index is 1.94. The molecule has 0 spiro atoms. The van der Waals surface area contributed by atoms with Gasteiger partial charge in [0.05, 0.1) is 17.7 Å². The van der Waals surface area contributed by atoms with E-state index in [4.69, 9.17) is 4.74 Å². The average Bonchev–Trinajstić information content (AvgIpc) is 2.93. The second-order valence-electron chi connectivity index (χ2n) is 5.41. The van der Waals surface area contributed by atoms with Gasteiger partial charge in [0, 0.05) is 6.92 Å². The molecule has 7 heteroatoms. The van der Waals surface area contributed by atoms with Gasteiger partial charge in [0.2, 0.25) is 5.91 Å². The molecule has 0 atom stereocenters. The third kappa shape index (κ3) is 3.83. The highest BCUT2D eigenvalue weighted by molar-refractivity contribution is 8.18. The van der Waals surface area contributed by atoms with Crippen LogP contribution in [0.25, 0.3) is 6.08 Å². The first-order valence-electron chi connectivity index (χ1n) is 7.71. The number of thioether (sulfide) groups is 1. The summed E-state index contributed by atoms with van der Waals surface area (Å²) in [5, 5.41) is 0.279. The van der Waals surface area contributed by atoms with Gasteiger partial charge in [-0.2, -0.15) is 0 Å². The van der Waals surface area contributed by atoms with E-state index in [-0.39, 0.29) is 11.0 Å². The summed E-state index contributed by atoms with van der Waals surface area (Å²) in [4.78, 5) is 30.3. The molecular formula is C19H15FN2O3S. The van der Waals surface area contributed by atoms with Crippen LogP contribution in [0.1, 0.15) is 12.5 Å². The van der Waals surface area contributed by atoms with Crippen molar-refractivity contribution >= 4 is 40.5 Å². The fourth-order valence-corrected chi connectivity index (χ4v) is 3.33. The van der Waals surface area contributed by atoms with Crippen LogP contribution in [0, 0.1) is 5.82 Å². The molecule has 0 aliphatic carbocycles. The van der Waals surface area contributed by atoms with Crippen LogP contribution in [0.5, 0.6) is 5.75 Å². The smallest absolute Gasteiger partial charge is 0.273 e. The molecule has 2 amide bonds. The summed E-state index contributed by atoms with van der Waals surface area (Å²) in [7, 11) is 1.57. The van der Waals surface area contributed by atoms with E-state index < -0.39 is 11.8 Å². The maximum atomic E-state index is 13.0. The Kier molecular flexibility index (Phi) is 5.18. The van der Waals surface area contributed by atoms with Gasteiger partial charge in [-0.3, -0.25) is 9.59 Å². The summed E-state index contributed by atoms with van der Waals surface area (Å²) < 4.78 is 18.1. The van der Waals surface area contributed by atoms with E-state index in [2.05, 4.69) is 4.99 Å². The minimum absolute atomic E-state index is 0.279. The molecular weight excluding hydrogens is 355 g/mol. The average molecular weight is 370 g/mol. The molecule has 0 saturated carbocycles. The minimum Gasteiger partial charge on any atom is -0.497 e. The lowest BCUT2D eigenvalue weighted by Crippen LogP contribution is -2.33. The van der Waals surface area contributed by atoms with Gasteiger partial charge in [-0.25, -0.2) is 14.3 Å². The SMILES string of the molecule is COc1ccc(N=C2S/C(=C\c3ccc(F)cc3)C(=O)N2C(C)=O)cc1. The van der Waals surface area contributed by atoms with Gasteiger partial charge in [-0.15, -0.1) is 0 Å². The zero-order valence-corrected chi connectivity index (χ0v) is 14.9. The van der Waals surface area contributed by atoms with Crippen LogP contribution in [-0.4, -0.2) is 29.0 Å². The number of amidine groups is 1. The van der Waals surface area contributed by atoms with Crippen molar-refractivity contribution in [2.24, 2.45) is 4.99 Å². The summed E-state index contributed by atoms with van der Waals surface area (Å²) in [6, 6.07) is 12.7. The van der Waals surface area contributed by atoms with Crippen LogP contribution in [0.3, 0.4) is 0 Å². The van der Waals surface area contributed by atoms with E-state index in [1.807, 2.05) is 0 Å². The van der Waals surface area contributed by atoms with Gasteiger partial charge in [0.25, 0.3) is 5.91 Å². The van der Waals surface area contributed by atoms with Gasteiger partial charge >= 0.3 is 0 Å². The normalized spacial score (nSPS) is 17.2. The van der Waals surface area contributed by atoms with Gasteiger partial charge in [-0.1, -0.05) is 12.1 Å².